The summed E-state index contributed by atoms with van der Waals surface area (Å²) < 4.78 is 0. The Kier molecular flexibility index (Phi) is 6.64. The van der Waals surface area contributed by atoms with Crippen molar-refractivity contribution in [3.8, 4) is 0 Å². The molecule has 0 unspecified atom stereocenters. The van der Waals surface area contributed by atoms with Gasteiger partial charge in [0, 0.05) is 23.4 Å². The van der Waals surface area contributed by atoms with Crippen LogP contribution in [-0.4, -0.2) is 39.6 Å². The second-order valence-electron chi connectivity index (χ2n) is 5.13. The molecule has 2 rings (SSSR count). The summed E-state index contributed by atoms with van der Waals surface area (Å²) in [6.07, 6.45) is 4.60. The van der Waals surface area contributed by atoms with Crippen LogP contribution in [0.25, 0.3) is 10.2 Å². The third-order valence-electron chi connectivity index (χ3n) is 3.36. The Hall–Kier alpha value is -1.14. The van der Waals surface area contributed by atoms with Crippen LogP contribution in [0.15, 0.2) is 17.4 Å². The number of aromatic nitrogens is 2. The number of carbonyl (C=O) groups excluding carboxylic acids is 1. The first kappa shape index (κ1) is 17.2. The minimum absolute atomic E-state index is 0.200. The van der Waals surface area contributed by atoms with E-state index in [2.05, 4.69) is 36.8 Å². The quantitative estimate of drug-likeness (QED) is 0.540. The highest BCUT2D eigenvalue weighted by Crippen LogP contribution is 2.31. The van der Waals surface area contributed by atoms with Crippen LogP contribution in [0, 0.1) is 0 Å². The van der Waals surface area contributed by atoms with Gasteiger partial charge in [0.15, 0.2) is 0 Å². The van der Waals surface area contributed by atoms with Gasteiger partial charge in [0.05, 0.1) is 5.75 Å². The van der Waals surface area contributed by atoms with Gasteiger partial charge in [-0.15, -0.1) is 11.3 Å². The monoisotopic (exact) mass is 337 g/mol. The molecule has 0 saturated heterocycles. The summed E-state index contributed by atoms with van der Waals surface area (Å²) in [5.74, 6) is 0.648. The molecule has 0 atom stereocenters. The Balaban J connectivity index is 2.07. The number of nitrogens with zero attached hydrogens (tertiary/aromatic N) is 3. The number of amides is 1. The molecule has 1 amide bonds. The Morgan fingerprint density at radius 3 is 2.59 bits per heavy atom. The van der Waals surface area contributed by atoms with E-state index in [0.29, 0.717) is 5.75 Å². The van der Waals surface area contributed by atoms with Crippen molar-refractivity contribution in [2.45, 2.75) is 45.1 Å². The van der Waals surface area contributed by atoms with Gasteiger partial charge in [-0.05, 0) is 25.3 Å². The third-order valence-corrected chi connectivity index (χ3v) is 5.54. The van der Waals surface area contributed by atoms with Crippen LogP contribution >= 0.6 is 23.1 Å². The summed E-state index contributed by atoms with van der Waals surface area (Å²) in [4.78, 5) is 25.3. The first-order chi connectivity index (χ1) is 10.7. The van der Waals surface area contributed by atoms with E-state index >= 15 is 0 Å². The zero-order valence-electron chi connectivity index (χ0n) is 13.5. The summed E-state index contributed by atoms with van der Waals surface area (Å²) >= 11 is 3.23. The first-order valence-electron chi connectivity index (χ1n) is 7.83. The van der Waals surface area contributed by atoms with E-state index in [1.165, 1.54) is 16.6 Å². The lowest BCUT2D eigenvalue weighted by Gasteiger charge is -2.21. The van der Waals surface area contributed by atoms with Gasteiger partial charge in [0.25, 0.3) is 0 Å². The maximum absolute atomic E-state index is 12.4. The molecule has 0 spiro atoms. The van der Waals surface area contributed by atoms with Crippen molar-refractivity contribution in [3.05, 3.63) is 17.3 Å². The van der Waals surface area contributed by atoms with E-state index in [1.807, 2.05) is 4.90 Å². The molecular weight excluding hydrogens is 314 g/mol. The highest BCUT2D eigenvalue weighted by molar-refractivity contribution is 8.00. The number of hydrogen-bond donors (Lipinski definition) is 0. The predicted molar refractivity (Wildman–Crippen MR) is 94.7 cm³/mol. The van der Waals surface area contributed by atoms with Gasteiger partial charge in [-0.25, -0.2) is 9.97 Å². The SMILES string of the molecule is CCCN(CCC)C(=O)CSc1ncnc2sc(CC)cc12. The molecule has 0 radical (unpaired) electrons. The van der Waals surface area contributed by atoms with Crippen LogP contribution in [0.4, 0.5) is 0 Å². The predicted octanol–water partition coefficient (Wildman–Crippen LogP) is 3.99. The second kappa shape index (κ2) is 8.48. The molecular formula is C16H23N3OS2. The number of hydrogen-bond acceptors (Lipinski definition) is 5. The van der Waals surface area contributed by atoms with E-state index in [0.717, 1.165) is 47.6 Å². The highest BCUT2D eigenvalue weighted by Gasteiger charge is 2.14. The van der Waals surface area contributed by atoms with Gasteiger partial charge in [-0.2, -0.15) is 0 Å². The molecule has 4 nitrogen and oxygen atoms in total. The second-order valence-corrected chi connectivity index (χ2v) is 7.21. The van der Waals surface area contributed by atoms with Crippen molar-refractivity contribution in [2.24, 2.45) is 0 Å². The van der Waals surface area contributed by atoms with Gasteiger partial charge >= 0.3 is 0 Å². The normalized spacial score (nSPS) is 11.0. The first-order valence-corrected chi connectivity index (χ1v) is 9.63. The Bertz CT molecular complexity index is 621. The van der Waals surface area contributed by atoms with E-state index in [4.69, 9.17) is 0 Å². The number of carbonyl (C=O) groups is 1. The smallest absolute Gasteiger partial charge is 0.232 e. The minimum atomic E-state index is 0.200. The van der Waals surface area contributed by atoms with Crippen LogP contribution in [0.2, 0.25) is 0 Å². The maximum Gasteiger partial charge on any atom is 0.232 e. The number of rotatable bonds is 8. The van der Waals surface area contributed by atoms with Crippen molar-refractivity contribution in [3.63, 3.8) is 0 Å². The van der Waals surface area contributed by atoms with Crippen LogP contribution in [0.5, 0.6) is 0 Å². The average Bonchev–Trinajstić information content (AvgIpc) is 2.96. The summed E-state index contributed by atoms with van der Waals surface area (Å²) in [5.41, 5.74) is 0. The summed E-state index contributed by atoms with van der Waals surface area (Å²) in [6, 6.07) is 2.16. The Labute approximate surface area is 140 Å². The molecule has 0 saturated carbocycles. The molecule has 2 aromatic rings. The number of thiophene rings is 1. The van der Waals surface area contributed by atoms with E-state index in [1.54, 1.807) is 17.7 Å². The van der Waals surface area contributed by atoms with Gasteiger partial charge in [0.1, 0.15) is 16.2 Å². The fraction of sp³-hybridized carbons (Fsp3) is 0.562. The molecule has 2 aromatic heterocycles. The van der Waals surface area contributed by atoms with Gasteiger partial charge < -0.3 is 4.90 Å². The van der Waals surface area contributed by atoms with E-state index < -0.39 is 0 Å². The van der Waals surface area contributed by atoms with E-state index in [9.17, 15) is 4.79 Å². The fourth-order valence-electron chi connectivity index (χ4n) is 2.30. The standard InChI is InChI=1S/C16H23N3OS2/c1-4-7-19(8-5-2)14(20)10-21-15-13-9-12(6-3)22-16(13)18-11-17-15/h9,11H,4-8,10H2,1-3H3. The lowest BCUT2D eigenvalue weighted by molar-refractivity contribution is -0.128. The van der Waals surface area contributed by atoms with Crippen molar-refractivity contribution >= 4 is 39.2 Å². The molecule has 6 heteroatoms. The van der Waals surface area contributed by atoms with Gasteiger partial charge in [-0.3, -0.25) is 4.79 Å². The molecule has 0 aliphatic rings. The largest absolute Gasteiger partial charge is 0.342 e. The number of thioether (sulfide) groups is 1. The number of fused-ring (bicyclic) bond motifs is 1. The Morgan fingerprint density at radius 1 is 1.23 bits per heavy atom. The molecule has 0 aliphatic heterocycles. The average molecular weight is 338 g/mol. The third kappa shape index (κ3) is 4.20. The summed E-state index contributed by atoms with van der Waals surface area (Å²) in [7, 11) is 0. The molecule has 22 heavy (non-hydrogen) atoms. The molecule has 0 aliphatic carbocycles. The zero-order valence-corrected chi connectivity index (χ0v) is 15.1. The molecule has 0 N–H and O–H groups in total. The van der Waals surface area contributed by atoms with Crippen molar-refractivity contribution in [2.75, 3.05) is 18.8 Å². The summed E-state index contributed by atoms with van der Waals surface area (Å²) in [6.45, 7) is 8.03. The van der Waals surface area contributed by atoms with Crippen LogP contribution < -0.4 is 0 Å². The zero-order chi connectivity index (χ0) is 15.9. The van der Waals surface area contributed by atoms with Crippen LogP contribution in [-0.2, 0) is 11.2 Å². The lowest BCUT2D eigenvalue weighted by atomic mass is 10.3. The molecule has 120 valence electrons. The van der Waals surface area contributed by atoms with Crippen LogP contribution in [0.1, 0.15) is 38.5 Å². The topological polar surface area (TPSA) is 46.1 Å². The fourth-order valence-corrected chi connectivity index (χ4v) is 4.17. The highest BCUT2D eigenvalue weighted by atomic mass is 32.2. The summed E-state index contributed by atoms with van der Waals surface area (Å²) in [5, 5.41) is 2.00. The van der Waals surface area contributed by atoms with Gasteiger partial charge in [0.2, 0.25) is 5.91 Å². The van der Waals surface area contributed by atoms with Crippen LogP contribution in [0.3, 0.4) is 0 Å². The Morgan fingerprint density at radius 2 is 1.95 bits per heavy atom. The van der Waals surface area contributed by atoms with Crippen molar-refractivity contribution in [1.29, 1.82) is 0 Å². The van der Waals surface area contributed by atoms with Crippen molar-refractivity contribution in [1.82, 2.24) is 14.9 Å². The molecule has 0 fully saturated rings. The molecule has 0 aromatic carbocycles. The lowest BCUT2D eigenvalue weighted by Crippen LogP contribution is -2.33. The van der Waals surface area contributed by atoms with Gasteiger partial charge in [-0.1, -0.05) is 32.5 Å². The number of aryl methyl sites for hydroxylation is 1. The van der Waals surface area contributed by atoms with E-state index in [-0.39, 0.29) is 5.91 Å². The minimum Gasteiger partial charge on any atom is -0.342 e. The van der Waals surface area contributed by atoms with Crippen molar-refractivity contribution < 1.29 is 4.79 Å². The maximum atomic E-state index is 12.4. The molecule has 0 bridgehead atoms. The molecule has 2 heterocycles.